The molecule has 0 aliphatic heterocycles. The summed E-state index contributed by atoms with van der Waals surface area (Å²) in [6.07, 6.45) is 4.18. The summed E-state index contributed by atoms with van der Waals surface area (Å²) in [5, 5.41) is 0. The highest BCUT2D eigenvalue weighted by Gasteiger charge is 2.21. The average Bonchev–Trinajstić information content (AvgIpc) is 3.16. The summed E-state index contributed by atoms with van der Waals surface area (Å²) in [4.78, 5) is 22.1. The van der Waals surface area contributed by atoms with Crippen LogP contribution in [0.4, 0.5) is 0 Å². The van der Waals surface area contributed by atoms with Crippen LogP contribution in [0.5, 0.6) is 0 Å². The number of rotatable bonds is 2. The van der Waals surface area contributed by atoms with Crippen LogP contribution in [-0.2, 0) is 6.42 Å². The van der Waals surface area contributed by atoms with Crippen LogP contribution in [0.2, 0.25) is 0 Å². The average molecular weight is 304 g/mol. The lowest BCUT2D eigenvalue weighted by molar-refractivity contribution is 0.0957. The molecule has 4 aromatic rings. The number of nitrogens with zero attached hydrogens (tertiary/aromatic N) is 4. The quantitative estimate of drug-likeness (QED) is 0.571. The maximum atomic E-state index is 13.1. The first-order valence-corrected chi connectivity index (χ1v) is 7.64. The maximum absolute atomic E-state index is 13.1. The molecule has 0 bridgehead atoms. The predicted molar refractivity (Wildman–Crippen MR) is 88.8 cm³/mol. The molecule has 0 aliphatic carbocycles. The van der Waals surface area contributed by atoms with Gasteiger partial charge in [-0.1, -0.05) is 25.1 Å². The number of carbonyl (C=O) groups excluding carboxylic acids is 1. The van der Waals surface area contributed by atoms with Crippen molar-refractivity contribution in [2.75, 3.05) is 0 Å². The molecule has 0 saturated heterocycles. The van der Waals surface area contributed by atoms with E-state index in [1.807, 2.05) is 60.8 Å². The van der Waals surface area contributed by atoms with Crippen LogP contribution in [0.3, 0.4) is 0 Å². The molecule has 5 heteroatoms. The lowest BCUT2D eigenvalue weighted by Gasteiger charge is -2.05. The van der Waals surface area contributed by atoms with E-state index >= 15 is 0 Å². The Bertz CT molecular complexity index is 1040. The van der Waals surface area contributed by atoms with Gasteiger partial charge in [0.1, 0.15) is 17.7 Å². The minimum atomic E-state index is -0.103. The Hall–Kier alpha value is -2.95. The number of pyridine rings is 1. The first kappa shape index (κ1) is 13.7. The van der Waals surface area contributed by atoms with Crippen molar-refractivity contribution < 1.29 is 4.79 Å². The molecule has 0 spiro atoms. The van der Waals surface area contributed by atoms with E-state index in [0.29, 0.717) is 12.1 Å². The van der Waals surface area contributed by atoms with Gasteiger partial charge in [-0.3, -0.25) is 13.8 Å². The Balaban J connectivity index is 1.98. The summed E-state index contributed by atoms with van der Waals surface area (Å²) in [7, 11) is 0. The second kappa shape index (κ2) is 5.05. The van der Waals surface area contributed by atoms with Crippen LogP contribution < -0.4 is 0 Å². The molecule has 0 saturated carbocycles. The first-order chi connectivity index (χ1) is 11.2. The predicted octanol–water partition coefficient (Wildman–Crippen LogP) is 3.24. The van der Waals surface area contributed by atoms with Crippen molar-refractivity contribution in [3.05, 3.63) is 65.9 Å². The fourth-order valence-electron chi connectivity index (χ4n) is 2.96. The molecule has 0 aliphatic rings. The standard InChI is InChI=1S/C18H16N4O/c1-3-13-16(21-10-6-7-12(2)17(21)20-13)18(23)22-11-19-14-8-4-5-9-15(14)22/h4-11H,3H2,1-2H3. The molecular formula is C18H16N4O. The third-order valence-electron chi connectivity index (χ3n) is 4.13. The number of hydrogen-bond donors (Lipinski definition) is 0. The van der Waals surface area contributed by atoms with Crippen LogP contribution in [0, 0.1) is 6.92 Å². The molecule has 5 nitrogen and oxygen atoms in total. The smallest absolute Gasteiger partial charge is 0.282 e. The molecule has 0 N–H and O–H groups in total. The molecular weight excluding hydrogens is 288 g/mol. The lowest BCUT2D eigenvalue weighted by atomic mass is 10.2. The number of para-hydroxylation sites is 2. The van der Waals surface area contributed by atoms with Gasteiger partial charge in [0.2, 0.25) is 0 Å². The molecule has 23 heavy (non-hydrogen) atoms. The molecule has 114 valence electrons. The van der Waals surface area contributed by atoms with Gasteiger partial charge in [0, 0.05) is 6.20 Å². The van der Waals surface area contributed by atoms with Gasteiger partial charge >= 0.3 is 0 Å². The highest BCUT2D eigenvalue weighted by molar-refractivity contribution is 6.01. The van der Waals surface area contributed by atoms with Gasteiger partial charge in [0.25, 0.3) is 5.91 Å². The molecule has 3 heterocycles. The van der Waals surface area contributed by atoms with E-state index < -0.39 is 0 Å². The highest BCUT2D eigenvalue weighted by atomic mass is 16.2. The third kappa shape index (κ3) is 1.97. The second-order valence-corrected chi connectivity index (χ2v) is 5.55. The number of hydrogen-bond acceptors (Lipinski definition) is 3. The van der Waals surface area contributed by atoms with Crippen molar-refractivity contribution in [1.29, 1.82) is 0 Å². The van der Waals surface area contributed by atoms with Crippen molar-refractivity contribution >= 4 is 22.6 Å². The van der Waals surface area contributed by atoms with Crippen LogP contribution >= 0.6 is 0 Å². The Morgan fingerprint density at radius 2 is 2.00 bits per heavy atom. The summed E-state index contributed by atoms with van der Waals surface area (Å²) in [6.45, 7) is 4.02. The summed E-state index contributed by atoms with van der Waals surface area (Å²) in [6, 6.07) is 11.6. The van der Waals surface area contributed by atoms with Gasteiger partial charge in [0.05, 0.1) is 16.7 Å². The minimum Gasteiger partial charge on any atom is -0.295 e. The van der Waals surface area contributed by atoms with E-state index in [1.165, 1.54) is 0 Å². The number of benzene rings is 1. The summed E-state index contributed by atoms with van der Waals surface area (Å²) in [5.41, 5.74) is 4.91. The Kier molecular flexibility index (Phi) is 3.01. The van der Waals surface area contributed by atoms with Crippen LogP contribution in [0.25, 0.3) is 16.7 Å². The van der Waals surface area contributed by atoms with Crippen LogP contribution in [0.15, 0.2) is 48.9 Å². The van der Waals surface area contributed by atoms with E-state index in [0.717, 1.165) is 27.9 Å². The van der Waals surface area contributed by atoms with E-state index in [9.17, 15) is 4.79 Å². The summed E-state index contributed by atoms with van der Waals surface area (Å²) >= 11 is 0. The maximum Gasteiger partial charge on any atom is 0.282 e. The molecule has 0 fully saturated rings. The van der Waals surface area contributed by atoms with Gasteiger partial charge in [-0.05, 0) is 37.1 Å². The largest absolute Gasteiger partial charge is 0.295 e. The Morgan fingerprint density at radius 1 is 1.17 bits per heavy atom. The van der Waals surface area contributed by atoms with Crippen LogP contribution in [-0.4, -0.2) is 24.8 Å². The SMILES string of the molecule is CCc1nc2c(C)cccn2c1C(=O)n1cnc2ccccc21. The van der Waals surface area contributed by atoms with E-state index in [2.05, 4.69) is 9.97 Å². The van der Waals surface area contributed by atoms with E-state index in [-0.39, 0.29) is 5.91 Å². The molecule has 4 rings (SSSR count). The third-order valence-corrected chi connectivity index (χ3v) is 4.13. The Labute approximate surface area is 133 Å². The highest BCUT2D eigenvalue weighted by Crippen LogP contribution is 2.20. The van der Waals surface area contributed by atoms with Gasteiger partial charge in [0.15, 0.2) is 0 Å². The van der Waals surface area contributed by atoms with Gasteiger partial charge in [-0.15, -0.1) is 0 Å². The number of imidazole rings is 2. The fraction of sp³-hybridized carbons (Fsp3) is 0.167. The fourth-order valence-corrected chi connectivity index (χ4v) is 2.96. The molecule has 0 unspecified atom stereocenters. The van der Waals surface area contributed by atoms with Gasteiger partial charge in [-0.25, -0.2) is 9.97 Å². The second-order valence-electron chi connectivity index (χ2n) is 5.55. The normalized spacial score (nSPS) is 11.4. The molecule has 0 amide bonds. The summed E-state index contributed by atoms with van der Waals surface area (Å²) < 4.78 is 3.48. The van der Waals surface area contributed by atoms with Crippen molar-refractivity contribution in [1.82, 2.24) is 18.9 Å². The number of aryl methyl sites for hydroxylation is 2. The molecule has 1 aromatic carbocycles. The number of carbonyl (C=O) groups is 1. The zero-order valence-corrected chi connectivity index (χ0v) is 13.0. The lowest BCUT2D eigenvalue weighted by Crippen LogP contribution is -2.15. The van der Waals surface area contributed by atoms with Crippen LogP contribution in [0.1, 0.15) is 28.7 Å². The monoisotopic (exact) mass is 304 g/mol. The molecule has 0 atom stereocenters. The zero-order chi connectivity index (χ0) is 16.0. The van der Waals surface area contributed by atoms with Crippen molar-refractivity contribution in [3.63, 3.8) is 0 Å². The minimum absolute atomic E-state index is 0.103. The van der Waals surface area contributed by atoms with E-state index in [1.54, 1.807) is 10.9 Å². The number of fused-ring (bicyclic) bond motifs is 2. The van der Waals surface area contributed by atoms with Gasteiger partial charge < -0.3 is 0 Å². The van der Waals surface area contributed by atoms with Crippen molar-refractivity contribution in [3.8, 4) is 0 Å². The summed E-state index contributed by atoms with van der Waals surface area (Å²) in [5.74, 6) is -0.103. The van der Waals surface area contributed by atoms with Crippen molar-refractivity contribution in [2.24, 2.45) is 0 Å². The zero-order valence-electron chi connectivity index (χ0n) is 13.0. The Morgan fingerprint density at radius 3 is 2.83 bits per heavy atom. The van der Waals surface area contributed by atoms with Gasteiger partial charge in [-0.2, -0.15) is 0 Å². The number of aromatic nitrogens is 4. The van der Waals surface area contributed by atoms with E-state index in [4.69, 9.17) is 0 Å². The molecule has 3 aromatic heterocycles. The molecule has 0 radical (unpaired) electrons. The topological polar surface area (TPSA) is 52.2 Å². The first-order valence-electron chi connectivity index (χ1n) is 7.64. The van der Waals surface area contributed by atoms with Crippen molar-refractivity contribution in [2.45, 2.75) is 20.3 Å².